The summed E-state index contributed by atoms with van der Waals surface area (Å²) >= 11 is 7.47. The third-order valence-electron chi connectivity index (χ3n) is 4.54. The Hall–Kier alpha value is -2.77. The lowest BCUT2D eigenvalue weighted by atomic mass is 10.2. The van der Waals surface area contributed by atoms with Crippen molar-refractivity contribution >= 4 is 29.3 Å². The Morgan fingerprint density at radius 1 is 1.19 bits per heavy atom. The van der Waals surface area contributed by atoms with E-state index in [4.69, 9.17) is 16.3 Å². The zero-order chi connectivity index (χ0) is 22.4. The van der Waals surface area contributed by atoms with Crippen LogP contribution in [0.3, 0.4) is 0 Å². The summed E-state index contributed by atoms with van der Waals surface area (Å²) in [6, 6.07) is 16.0. The number of nitrogens with one attached hydrogen (secondary N) is 1. The lowest BCUT2D eigenvalue weighted by Gasteiger charge is -2.13. The van der Waals surface area contributed by atoms with Crippen LogP contribution in [0.5, 0.6) is 5.75 Å². The van der Waals surface area contributed by atoms with Gasteiger partial charge in [0.2, 0.25) is 5.91 Å². The van der Waals surface area contributed by atoms with Crippen LogP contribution in [0.15, 0.2) is 64.4 Å². The molecule has 1 heterocycles. The maximum absolute atomic E-state index is 12.5. The third kappa shape index (κ3) is 6.12. The Morgan fingerprint density at radius 3 is 2.61 bits per heavy atom. The molecule has 0 aliphatic heterocycles. The first-order valence-electron chi connectivity index (χ1n) is 9.90. The van der Waals surface area contributed by atoms with Crippen molar-refractivity contribution in [2.45, 2.75) is 37.6 Å². The Bertz CT molecular complexity index is 1120. The fraction of sp³-hybridized carbons (Fsp3) is 0.261. The zero-order valence-electron chi connectivity index (χ0n) is 17.6. The van der Waals surface area contributed by atoms with Crippen molar-refractivity contribution in [2.24, 2.45) is 0 Å². The first-order valence-corrected chi connectivity index (χ1v) is 11.2. The smallest absolute Gasteiger partial charge is 0.271 e. The van der Waals surface area contributed by atoms with Crippen LogP contribution in [-0.4, -0.2) is 27.5 Å². The highest BCUT2D eigenvalue weighted by molar-refractivity contribution is 8.00. The predicted molar refractivity (Wildman–Crippen MR) is 124 cm³/mol. The molecule has 3 aromatic rings. The van der Waals surface area contributed by atoms with E-state index in [1.165, 1.54) is 22.5 Å². The minimum atomic E-state index is -0.386. The first kappa shape index (κ1) is 22.9. The summed E-state index contributed by atoms with van der Waals surface area (Å²) in [6.45, 7) is 6.67. The van der Waals surface area contributed by atoms with Gasteiger partial charge in [0.1, 0.15) is 10.8 Å². The second-order valence-electron chi connectivity index (χ2n) is 6.91. The van der Waals surface area contributed by atoms with Crippen LogP contribution in [0, 0.1) is 6.92 Å². The summed E-state index contributed by atoms with van der Waals surface area (Å²) < 4.78 is 6.71. The van der Waals surface area contributed by atoms with Gasteiger partial charge in [0, 0.05) is 17.6 Å². The Morgan fingerprint density at radius 2 is 1.94 bits per heavy atom. The van der Waals surface area contributed by atoms with Gasteiger partial charge in [-0.1, -0.05) is 41.6 Å². The minimum absolute atomic E-state index is 0.114. The normalized spacial score (nSPS) is 11.7. The topological polar surface area (TPSA) is 73.2 Å². The molecule has 8 heteroatoms. The number of carbonyl (C=O) groups excluding carboxylic acids is 1. The number of hydrogen-bond acceptors (Lipinski definition) is 5. The van der Waals surface area contributed by atoms with Gasteiger partial charge in [-0.3, -0.25) is 9.59 Å². The molecule has 6 nitrogen and oxygen atoms in total. The number of benzene rings is 2. The van der Waals surface area contributed by atoms with Crippen molar-refractivity contribution in [1.82, 2.24) is 15.1 Å². The molecular weight excluding hydrogens is 434 g/mol. The van der Waals surface area contributed by atoms with Gasteiger partial charge in [0.15, 0.2) is 0 Å². The number of nitrogens with zero attached hydrogens (tertiary/aromatic N) is 2. The summed E-state index contributed by atoms with van der Waals surface area (Å²) in [7, 11) is 0. The van der Waals surface area contributed by atoms with Gasteiger partial charge in [-0.15, -0.1) is 0 Å². The van der Waals surface area contributed by atoms with Gasteiger partial charge < -0.3 is 10.1 Å². The van der Waals surface area contributed by atoms with Gasteiger partial charge in [-0.25, -0.2) is 0 Å². The van der Waals surface area contributed by atoms with Crippen LogP contribution in [0.2, 0.25) is 5.02 Å². The monoisotopic (exact) mass is 457 g/mol. The molecule has 2 aromatic carbocycles. The molecule has 1 atom stereocenters. The Kier molecular flexibility index (Phi) is 7.76. The summed E-state index contributed by atoms with van der Waals surface area (Å²) in [5, 5.41) is 8.07. The van der Waals surface area contributed by atoms with E-state index < -0.39 is 0 Å². The Balaban J connectivity index is 1.64. The average molecular weight is 458 g/mol. The number of amides is 1. The van der Waals surface area contributed by atoms with E-state index in [1.807, 2.05) is 44.2 Å². The Labute approximate surface area is 190 Å². The van der Waals surface area contributed by atoms with E-state index in [0.717, 1.165) is 16.9 Å². The summed E-state index contributed by atoms with van der Waals surface area (Å²) in [5.41, 5.74) is 2.21. The molecule has 31 heavy (non-hydrogen) atoms. The van der Waals surface area contributed by atoms with Gasteiger partial charge in [0.25, 0.3) is 5.56 Å². The molecule has 0 fully saturated rings. The largest absolute Gasteiger partial charge is 0.494 e. The first-order chi connectivity index (χ1) is 14.9. The van der Waals surface area contributed by atoms with Crippen molar-refractivity contribution in [3.8, 4) is 11.4 Å². The van der Waals surface area contributed by atoms with Crippen molar-refractivity contribution in [1.29, 1.82) is 0 Å². The van der Waals surface area contributed by atoms with Crippen LogP contribution in [-0.2, 0) is 11.3 Å². The fourth-order valence-electron chi connectivity index (χ4n) is 2.79. The molecule has 1 unspecified atom stereocenters. The second kappa shape index (κ2) is 10.5. The maximum atomic E-state index is 12.5. The van der Waals surface area contributed by atoms with Crippen LogP contribution in [0.25, 0.3) is 5.69 Å². The van der Waals surface area contributed by atoms with Crippen LogP contribution in [0.1, 0.15) is 25.0 Å². The number of rotatable bonds is 8. The van der Waals surface area contributed by atoms with Crippen molar-refractivity contribution in [2.75, 3.05) is 6.61 Å². The highest BCUT2D eigenvalue weighted by Gasteiger charge is 2.16. The number of ether oxygens (including phenoxy) is 1. The van der Waals surface area contributed by atoms with Gasteiger partial charge in [-0.2, -0.15) is 9.78 Å². The van der Waals surface area contributed by atoms with E-state index in [1.54, 1.807) is 25.1 Å². The van der Waals surface area contributed by atoms with Crippen LogP contribution in [0.4, 0.5) is 0 Å². The highest BCUT2D eigenvalue weighted by Crippen LogP contribution is 2.22. The molecule has 1 aromatic heterocycles. The number of aryl methyl sites for hydroxylation is 1. The molecule has 0 saturated carbocycles. The molecular formula is C23H24ClN3O3S. The lowest BCUT2D eigenvalue weighted by molar-refractivity contribution is -0.120. The van der Waals surface area contributed by atoms with Crippen molar-refractivity contribution in [3.05, 3.63) is 81.1 Å². The molecule has 3 rings (SSSR count). The highest BCUT2D eigenvalue weighted by atomic mass is 35.5. The third-order valence-corrected chi connectivity index (χ3v) is 5.98. The van der Waals surface area contributed by atoms with E-state index in [-0.39, 0.29) is 16.7 Å². The van der Waals surface area contributed by atoms with Crippen LogP contribution >= 0.6 is 23.4 Å². The quantitative estimate of drug-likeness (QED) is 0.508. The second-order valence-corrected chi connectivity index (χ2v) is 8.68. The number of halogens is 1. The molecule has 0 radical (unpaired) electrons. The molecule has 1 N–H and O–H groups in total. The lowest BCUT2D eigenvalue weighted by Crippen LogP contribution is -2.30. The maximum Gasteiger partial charge on any atom is 0.271 e. The molecule has 1 amide bonds. The number of hydrogen-bond donors (Lipinski definition) is 1. The number of carbonyl (C=O) groups is 1. The molecule has 0 saturated heterocycles. The minimum Gasteiger partial charge on any atom is -0.494 e. The van der Waals surface area contributed by atoms with E-state index in [2.05, 4.69) is 10.4 Å². The van der Waals surface area contributed by atoms with Gasteiger partial charge in [0.05, 0.1) is 17.5 Å². The SMILES string of the molecule is CCOc1ccc(CNC(=O)C(C)Sc2ccc(=O)n(-c3ccc(C)c(Cl)c3)n2)cc1. The average Bonchev–Trinajstić information content (AvgIpc) is 2.76. The molecule has 0 bridgehead atoms. The van der Waals surface area contributed by atoms with Crippen molar-refractivity contribution < 1.29 is 9.53 Å². The van der Waals surface area contributed by atoms with E-state index >= 15 is 0 Å². The standard InChI is InChI=1S/C23H24ClN3O3S/c1-4-30-19-9-6-17(7-10-19)14-25-23(29)16(3)31-21-11-12-22(28)27(26-21)18-8-5-15(2)20(24)13-18/h5-13,16H,4,14H2,1-3H3,(H,25,29). The molecule has 0 aliphatic rings. The fourth-order valence-corrected chi connectivity index (χ4v) is 3.80. The molecule has 0 spiro atoms. The molecule has 162 valence electrons. The summed E-state index contributed by atoms with van der Waals surface area (Å²) in [5.74, 6) is 0.689. The van der Waals surface area contributed by atoms with Crippen molar-refractivity contribution in [3.63, 3.8) is 0 Å². The zero-order valence-corrected chi connectivity index (χ0v) is 19.2. The summed E-state index contributed by atoms with van der Waals surface area (Å²) in [6.07, 6.45) is 0. The summed E-state index contributed by atoms with van der Waals surface area (Å²) in [4.78, 5) is 24.8. The number of aromatic nitrogens is 2. The number of thioether (sulfide) groups is 1. The molecule has 0 aliphatic carbocycles. The van der Waals surface area contributed by atoms with Gasteiger partial charge >= 0.3 is 0 Å². The predicted octanol–water partition coefficient (Wildman–Crippen LogP) is 4.39. The van der Waals surface area contributed by atoms with Gasteiger partial charge in [-0.05, 0) is 62.2 Å². The van der Waals surface area contributed by atoms with E-state index in [9.17, 15) is 9.59 Å². The van der Waals surface area contributed by atoms with Crippen LogP contribution < -0.4 is 15.6 Å². The van der Waals surface area contributed by atoms with E-state index in [0.29, 0.717) is 28.9 Å².